The van der Waals surface area contributed by atoms with Crippen LogP contribution < -0.4 is 14.8 Å². The van der Waals surface area contributed by atoms with Crippen molar-refractivity contribution in [1.29, 1.82) is 0 Å². The highest BCUT2D eigenvalue weighted by molar-refractivity contribution is 5.43. The van der Waals surface area contributed by atoms with Gasteiger partial charge in [0.15, 0.2) is 11.5 Å². The Morgan fingerprint density at radius 2 is 2.04 bits per heavy atom. The summed E-state index contributed by atoms with van der Waals surface area (Å²) in [7, 11) is 0. The SMILES string of the molecule is CCOc1cc(CN2CCNCC2c2ccncc2)ccc1OC(F)F. The summed E-state index contributed by atoms with van der Waals surface area (Å²) in [5, 5.41) is 3.42. The van der Waals surface area contributed by atoms with Crippen LogP contribution in [0.1, 0.15) is 24.1 Å². The first-order valence-corrected chi connectivity index (χ1v) is 8.72. The fourth-order valence-corrected chi connectivity index (χ4v) is 3.20. The largest absolute Gasteiger partial charge is 0.490 e. The summed E-state index contributed by atoms with van der Waals surface area (Å²) < 4.78 is 35.1. The molecule has 1 unspecified atom stereocenters. The monoisotopic (exact) mass is 363 g/mol. The molecule has 2 heterocycles. The summed E-state index contributed by atoms with van der Waals surface area (Å²) in [5.41, 5.74) is 2.20. The van der Waals surface area contributed by atoms with Crippen LogP contribution >= 0.6 is 0 Å². The molecule has 0 saturated carbocycles. The van der Waals surface area contributed by atoms with Gasteiger partial charge in [-0.15, -0.1) is 0 Å². The highest BCUT2D eigenvalue weighted by atomic mass is 19.3. The Bertz CT molecular complexity index is 700. The highest BCUT2D eigenvalue weighted by Crippen LogP contribution is 2.31. The lowest BCUT2D eigenvalue weighted by atomic mass is 10.0. The Morgan fingerprint density at radius 1 is 1.23 bits per heavy atom. The molecule has 1 atom stereocenters. The van der Waals surface area contributed by atoms with Crippen molar-refractivity contribution < 1.29 is 18.3 Å². The molecular formula is C19H23F2N3O2. The molecule has 7 heteroatoms. The molecule has 2 aromatic rings. The number of alkyl halides is 2. The van der Waals surface area contributed by atoms with Gasteiger partial charge in [-0.3, -0.25) is 9.88 Å². The van der Waals surface area contributed by atoms with Crippen LogP contribution in [0.25, 0.3) is 0 Å². The zero-order valence-electron chi connectivity index (χ0n) is 14.7. The van der Waals surface area contributed by atoms with Crippen LogP contribution in [-0.2, 0) is 6.54 Å². The summed E-state index contributed by atoms with van der Waals surface area (Å²) in [5.74, 6) is 0.414. The van der Waals surface area contributed by atoms with E-state index in [-0.39, 0.29) is 11.8 Å². The minimum Gasteiger partial charge on any atom is -0.490 e. The Morgan fingerprint density at radius 3 is 2.77 bits per heavy atom. The Labute approximate surface area is 151 Å². The van der Waals surface area contributed by atoms with Gasteiger partial charge in [-0.2, -0.15) is 8.78 Å². The molecule has 1 aromatic heterocycles. The maximum Gasteiger partial charge on any atom is 0.387 e. The second-order valence-corrected chi connectivity index (χ2v) is 6.06. The van der Waals surface area contributed by atoms with E-state index in [9.17, 15) is 8.78 Å². The number of aromatic nitrogens is 1. The molecular weight excluding hydrogens is 340 g/mol. The molecule has 0 amide bonds. The Balaban J connectivity index is 1.78. The van der Waals surface area contributed by atoms with E-state index in [0.29, 0.717) is 18.9 Å². The normalized spacial score (nSPS) is 18.1. The Hall–Kier alpha value is -2.25. The van der Waals surface area contributed by atoms with Gasteiger partial charge in [-0.05, 0) is 42.3 Å². The van der Waals surface area contributed by atoms with Crippen LogP contribution in [0.2, 0.25) is 0 Å². The average molecular weight is 363 g/mol. The molecule has 3 rings (SSSR count). The van der Waals surface area contributed by atoms with Crippen molar-refractivity contribution in [3.8, 4) is 11.5 Å². The van der Waals surface area contributed by atoms with Gasteiger partial charge in [0.05, 0.1) is 6.61 Å². The van der Waals surface area contributed by atoms with Crippen LogP contribution in [0, 0.1) is 0 Å². The number of hydrogen-bond acceptors (Lipinski definition) is 5. The van der Waals surface area contributed by atoms with Crippen molar-refractivity contribution in [2.75, 3.05) is 26.2 Å². The molecule has 1 saturated heterocycles. The van der Waals surface area contributed by atoms with Crippen molar-refractivity contribution in [2.45, 2.75) is 26.1 Å². The van der Waals surface area contributed by atoms with Crippen molar-refractivity contribution >= 4 is 0 Å². The third-order valence-corrected chi connectivity index (χ3v) is 4.35. The van der Waals surface area contributed by atoms with Gasteiger partial charge in [0, 0.05) is 44.6 Å². The van der Waals surface area contributed by atoms with E-state index in [1.807, 2.05) is 25.1 Å². The number of hydrogen-bond donors (Lipinski definition) is 1. The first kappa shape index (κ1) is 18.5. The molecule has 0 aliphatic carbocycles. The molecule has 26 heavy (non-hydrogen) atoms. The molecule has 5 nitrogen and oxygen atoms in total. The third-order valence-electron chi connectivity index (χ3n) is 4.35. The quantitative estimate of drug-likeness (QED) is 0.818. The van der Waals surface area contributed by atoms with E-state index >= 15 is 0 Å². The molecule has 1 N–H and O–H groups in total. The average Bonchev–Trinajstić information content (AvgIpc) is 2.65. The summed E-state index contributed by atoms with van der Waals surface area (Å²) >= 11 is 0. The minimum atomic E-state index is -2.87. The molecule has 0 spiro atoms. The van der Waals surface area contributed by atoms with Gasteiger partial charge >= 0.3 is 6.61 Å². The van der Waals surface area contributed by atoms with E-state index in [2.05, 4.69) is 19.9 Å². The lowest BCUT2D eigenvalue weighted by Gasteiger charge is -2.36. The summed E-state index contributed by atoms with van der Waals surface area (Å²) in [4.78, 5) is 6.45. The molecule has 1 fully saturated rings. The van der Waals surface area contributed by atoms with Crippen molar-refractivity contribution in [3.63, 3.8) is 0 Å². The smallest absolute Gasteiger partial charge is 0.387 e. The summed E-state index contributed by atoms with van der Waals surface area (Å²) in [6.45, 7) is 2.69. The van der Waals surface area contributed by atoms with Gasteiger partial charge in [0.25, 0.3) is 0 Å². The number of nitrogens with zero attached hydrogens (tertiary/aromatic N) is 2. The van der Waals surface area contributed by atoms with E-state index < -0.39 is 6.61 Å². The number of benzene rings is 1. The van der Waals surface area contributed by atoms with Gasteiger partial charge in [0.1, 0.15) is 0 Å². The predicted octanol–water partition coefficient (Wildman–Crippen LogP) is 3.23. The lowest BCUT2D eigenvalue weighted by Crippen LogP contribution is -2.45. The van der Waals surface area contributed by atoms with E-state index in [4.69, 9.17) is 4.74 Å². The van der Waals surface area contributed by atoms with E-state index in [1.165, 1.54) is 5.56 Å². The first-order valence-electron chi connectivity index (χ1n) is 8.72. The van der Waals surface area contributed by atoms with Gasteiger partial charge in [0.2, 0.25) is 0 Å². The predicted molar refractivity (Wildman–Crippen MR) is 94.5 cm³/mol. The number of rotatable bonds is 7. The van der Waals surface area contributed by atoms with Gasteiger partial charge < -0.3 is 14.8 Å². The number of nitrogens with one attached hydrogen (secondary N) is 1. The van der Waals surface area contributed by atoms with Crippen molar-refractivity contribution in [3.05, 3.63) is 53.9 Å². The van der Waals surface area contributed by atoms with Gasteiger partial charge in [-0.25, -0.2) is 0 Å². The Kier molecular flexibility index (Phi) is 6.35. The fourth-order valence-electron chi connectivity index (χ4n) is 3.20. The summed E-state index contributed by atoms with van der Waals surface area (Å²) in [6, 6.07) is 9.43. The topological polar surface area (TPSA) is 46.6 Å². The standard InChI is InChI=1S/C19H23F2N3O2/c1-2-25-18-11-14(3-4-17(18)26-19(20)21)13-24-10-9-23-12-16(24)15-5-7-22-8-6-15/h3-8,11,16,19,23H,2,9-10,12-13H2,1H3. The minimum absolute atomic E-state index is 0.0663. The van der Waals surface area contributed by atoms with E-state index in [1.54, 1.807) is 24.5 Å². The van der Waals surface area contributed by atoms with Crippen LogP contribution in [0.5, 0.6) is 11.5 Å². The third kappa shape index (κ3) is 4.68. The van der Waals surface area contributed by atoms with Crippen molar-refractivity contribution in [2.24, 2.45) is 0 Å². The molecule has 1 aliphatic rings. The zero-order chi connectivity index (χ0) is 18.4. The van der Waals surface area contributed by atoms with Crippen molar-refractivity contribution in [1.82, 2.24) is 15.2 Å². The number of pyridine rings is 1. The highest BCUT2D eigenvalue weighted by Gasteiger charge is 2.24. The summed E-state index contributed by atoms with van der Waals surface area (Å²) in [6.07, 6.45) is 3.59. The zero-order valence-corrected chi connectivity index (χ0v) is 14.7. The second kappa shape index (κ2) is 8.91. The second-order valence-electron chi connectivity index (χ2n) is 6.06. The maximum atomic E-state index is 12.6. The van der Waals surface area contributed by atoms with Crippen LogP contribution in [0.15, 0.2) is 42.7 Å². The molecule has 1 aliphatic heterocycles. The first-order chi connectivity index (χ1) is 12.7. The number of piperazine rings is 1. The fraction of sp³-hybridized carbons (Fsp3) is 0.421. The lowest BCUT2D eigenvalue weighted by molar-refractivity contribution is -0.0514. The van der Waals surface area contributed by atoms with E-state index in [0.717, 1.165) is 25.2 Å². The molecule has 1 aromatic carbocycles. The molecule has 0 bridgehead atoms. The van der Waals surface area contributed by atoms with Crippen LogP contribution in [0.3, 0.4) is 0 Å². The maximum absolute atomic E-state index is 12.6. The molecule has 140 valence electrons. The van der Waals surface area contributed by atoms with Crippen LogP contribution in [-0.4, -0.2) is 42.7 Å². The number of halogens is 2. The van der Waals surface area contributed by atoms with Gasteiger partial charge in [-0.1, -0.05) is 6.07 Å². The van der Waals surface area contributed by atoms with Crippen LogP contribution in [0.4, 0.5) is 8.78 Å². The molecule has 0 radical (unpaired) electrons. The number of ether oxygens (including phenoxy) is 2.